The number of carbonyl (C=O) groups excluding carboxylic acids is 1. The molecule has 1 aromatic carbocycles. The molecule has 0 saturated heterocycles. The minimum absolute atomic E-state index is 0.0892. The molecule has 7 heteroatoms. The minimum Gasteiger partial charge on any atom is -0.488 e. The number of urea groups is 1. The van der Waals surface area contributed by atoms with Gasteiger partial charge >= 0.3 is 12.0 Å². The lowest BCUT2D eigenvalue weighted by molar-refractivity contribution is -0.140. The summed E-state index contributed by atoms with van der Waals surface area (Å²) in [5.74, 6) is -0.316. The second-order valence-corrected chi connectivity index (χ2v) is 4.75. The van der Waals surface area contributed by atoms with Crippen LogP contribution in [0.3, 0.4) is 0 Å². The summed E-state index contributed by atoms with van der Waals surface area (Å²) in [6.45, 7) is 0.216. The second-order valence-electron chi connectivity index (χ2n) is 4.75. The Morgan fingerprint density at radius 2 is 2.24 bits per heavy atom. The predicted octanol–water partition coefficient (Wildman–Crippen LogP) is 0.389. The maximum absolute atomic E-state index is 11.7. The molecule has 2 rings (SSSR count). The first-order chi connectivity index (χ1) is 10.1. The van der Waals surface area contributed by atoms with Gasteiger partial charge in [0, 0.05) is 13.5 Å². The number of nitrogens with one attached hydrogen (secondary N) is 2. The van der Waals surface area contributed by atoms with E-state index in [1.54, 1.807) is 0 Å². The summed E-state index contributed by atoms with van der Waals surface area (Å²) >= 11 is 0. The van der Waals surface area contributed by atoms with E-state index in [-0.39, 0.29) is 12.7 Å². The molecule has 3 N–H and O–H groups in total. The van der Waals surface area contributed by atoms with Gasteiger partial charge in [-0.3, -0.25) is 0 Å². The monoisotopic (exact) mass is 294 g/mol. The maximum atomic E-state index is 11.7. The average molecular weight is 294 g/mol. The van der Waals surface area contributed by atoms with Gasteiger partial charge in [-0.25, -0.2) is 9.59 Å². The largest absolute Gasteiger partial charge is 0.488 e. The van der Waals surface area contributed by atoms with Crippen LogP contribution in [0.5, 0.6) is 5.75 Å². The number of carboxylic acid groups (broad SMARTS) is 1. The molecule has 0 aromatic heterocycles. The Balaban J connectivity index is 1.76. The van der Waals surface area contributed by atoms with E-state index in [1.807, 2.05) is 24.3 Å². The molecule has 7 nitrogen and oxygen atoms in total. The highest BCUT2D eigenvalue weighted by Crippen LogP contribution is 2.27. The van der Waals surface area contributed by atoms with Crippen molar-refractivity contribution in [3.05, 3.63) is 29.8 Å². The molecule has 2 atom stereocenters. The van der Waals surface area contributed by atoms with Gasteiger partial charge in [-0.2, -0.15) is 0 Å². The second kappa shape index (κ2) is 6.94. The van der Waals surface area contributed by atoms with Crippen LogP contribution in [0.2, 0.25) is 0 Å². The molecule has 2 unspecified atom stereocenters. The van der Waals surface area contributed by atoms with Crippen molar-refractivity contribution in [2.24, 2.45) is 0 Å². The van der Waals surface area contributed by atoms with Crippen LogP contribution in [0.4, 0.5) is 4.79 Å². The van der Waals surface area contributed by atoms with Gasteiger partial charge in [0.1, 0.15) is 11.9 Å². The summed E-state index contributed by atoms with van der Waals surface area (Å²) in [5, 5.41) is 13.8. The van der Waals surface area contributed by atoms with Crippen LogP contribution < -0.4 is 15.4 Å². The predicted molar refractivity (Wildman–Crippen MR) is 74.4 cm³/mol. The van der Waals surface area contributed by atoms with Gasteiger partial charge in [0.25, 0.3) is 0 Å². The van der Waals surface area contributed by atoms with Gasteiger partial charge in [0.05, 0.1) is 13.2 Å². The molecule has 0 fully saturated rings. The quantitative estimate of drug-likeness (QED) is 0.705. The zero-order valence-corrected chi connectivity index (χ0v) is 11.7. The van der Waals surface area contributed by atoms with Gasteiger partial charge < -0.3 is 25.2 Å². The van der Waals surface area contributed by atoms with E-state index in [0.717, 1.165) is 17.7 Å². The number of para-hydroxylation sites is 1. The Morgan fingerprint density at radius 3 is 2.90 bits per heavy atom. The molecule has 1 aliphatic heterocycles. The van der Waals surface area contributed by atoms with Crippen molar-refractivity contribution in [3.63, 3.8) is 0 Å². The number of amides is 2. The van der Waals surface area contributed by atoms with E-state index in [1.165, 1.54) is 7.11 Å². The van der Waals surface area contributed by atoms with Gasteiger partial charge in [0.2, 0.25) is 0 Å². The highest BCUT2D eigenvalue weighted by Gasteiger charge is 2.24. The summed E-state index contributed by atoms with van der Waals surface area (Å²) in [6.07, 6.45) is 0.579. The Kier molecular flexibility index (Phi) is 4.99. The highest BCUT2D eigenvalue weighted by atomic mass is 16.5. The van der Waals surface area contributed by atoms with Gasteiger partial charge in [-0.1, -0.05) is 18.2 Å². The molecule has 0 spiro atoms. The number of ether oxygens (including phenoxy) is 2. The zero-order chi connectivity index (χ0) is 15.2. The summed E-state index contributed by atoms with van der Waals surface area (Å²) in [6, 6.07) is 6.06. The first-order valence-electron chi connectivity index (χ1n) is 6.61. The van der Waals surface area contributed by atoms with Crippen molar-refractivity contribution in [3.8, 4) is 5.75 Å². The minimum atomic E-state index is -1.14. The molecule has 2 amide bonds. The third kappa shape index (κ3) is 4.09. The van der Waals surface area contributed by atoms with Crippen LogP contribution in [-0.2, 0) is 16.0 Å². The number of carbonyl (C=O) groups is 2. The van der Waals surface area contributed by atoms with Crippen LogP contribution in [-0.4, -0.2) is 49.5 Å². The average Bonchev–Trinajstić information content (AvgIpc) is 2.87. The van der Waals surface area contributed by atoms with E-state index in [0.29, 0.717) is 6.54 Å². The molecule has 21 heavy (non-hydrogen) atoms. The van der Waals surface area contributed by atoms with E-state index in [9.17, 15) is 9.59 Å². The highest BCUT2D eigenvalue weighted by molar-refractivity contribution is 5.82. The van der Waals surface area contributed by atoms with Crippen LogP contribution in [0.15, 0.2) is 24.3 Å². The molecule has 1 aromatic rings. The van der Waals surface area contributed by atoms with Crippen molar-refractivity contribution in [1.82, 2.24) is 10.6 Å². The summed E-state index contributed by atoms with van der Waals surface area (Å²) in [5.41, 5.74) is 1.10. The fourth-order valence-electron chi connectivity index (χ4n) is 2.12. The van der Waals surface area contributed by atoms with Crippen LogP contribution in [0.1, 0.15) is 5.56 Å². The fraction of sp³-hybridized carbons (Fsp3) is 0.429. The molecule has 114 valence electrons. The van der Waals surface area contributed by atoms with Crippen LogP contribution >= 0.6 is 0 Å². The summed E-state index contributed by atoms with van der Waals surface area (Å²) in [7, 11) is 1.37. The zero-order valence-electron chi connectivity index (χ0n) is 11.7. The number of aliphatic carboxylic acids is 1. The number of methoxy groups -OCH3 is 1. The Labute approximate surface area is 122 Å². The lowest BCUT2D eigenvalue weighted by Gasteiger charge is -2.16. The van der Waals surface area contributed by atoms with Gasteiger partial charge in [0.15, 0.2) is 6.04 Å². The normalized spacial score (nSPS) is 17.5. The third-order valence-corrected chi connectivity index (χ3v) is 3.14. The third-order valence-electron chi connectivity index (χ3n) is 3.14. The van der Waals surface area contributed by atoms with Crippen LogP contribution in [0.25, 0.3) is 0 Å². The lowest BCUT2D eigenvalue weighted by Crippen LogP contribution is -2.49. The Hall–Kier alpha value is -2.28. The van der Waals surface area contributed by atoms with E-state index < -0.39 is 18.0 Å². The number of carboxylic acids is 1. The van der Waals surface area contributed by atoms with Crippen molar-refractivity contribution >= 4 is 12.0 Å². The number of benzene rings is 1. The topological polar surface area (TPSA) is 96.9 Å². The Bertz CT molecular complexity index is 495. The molecule has 0 radical (unpaired) electrons. The van der Waals surface area contributed by atoms with E-state index in [4.69, 9.17) is 14.6 Å². The van der Waals surface area contributed by atoms with Gasteiger partial charge in [-0.15, -0.1) is 0 Å². The molecule has 1 aliphatic rings. The summed E-state index contributed by atoms with van der Waals surface area (Å²) < 4.78 is 10.4. The molecule has 0 aliphatic carbocycles. The first-order valence-corrected chi connectivity index (χ1v) is 6.61. The fourth-order valence-corrected chi connectivity index (χ4v) is 2.12. The number of fused-ring (bicyclic) bond motifs is 1. The number of rotatable bonds is 6. The maximum Gasteiger partial charge on any atom is 0.328 e. The van der Waals surface area contributed by atoms with E-state index >= 15 is 0 Å². The molecular formula is C14H18N2O5. The first kappa shape index (κ1) is 15.1. The SMILES string of the molecule is COCC(NC(=O)NCC1Cc2ccccc2O1)C(=O)O. The number of hydrogen-bond acceptors (Lipinski definition) is 4. The Morgan fingerprint density at radius 1 is 1.48 bits per heavy atom. The van der Waals surface area contributed by atoms with Crippen molar-refractivity contribution < 1.29 is 24.2 Å². The number of hydrogen-bond donors (Lipinski definition) is 3. The standard InChI is InChI=1S/C14H18N2O5/c1-20-8-11(13(17)18)16-14(19)15-7-10-6-9-4-2-3-5-12(9)21-10/h2-5,10-11H,6-8H2,1H3,(H,17,18)(H2,15,16,19). The summed E-state index contributed by atoms with van der Waals surface area (Å²) in [4.78, 5) is 22.6. The molecule has 0 saturated carbocycles. The smallest absolute Gasteiger partial charge is 0.328 e. The molecule has 1 heterocycles. The van der Waals surface area contributed by atoms with Crippen molar-refractivity contribution in [2.45, 2.75) is 18.6 Å². The lowest BCUT2D eigenvalue weighted by atomic mass is 10.1. The van der Waals surface area contributed by atoms with Crippen molar-refractivity contribution in [1.29, 1.82) is 0 Å². The molecular weight excluding hydrogens is 276 g/mol. The van der Waals surface area contributed by atoms with Crippen LogP contribution in [0, 0.1) is 0 Å². The molecule has 0 bridgehead atoms. The van der Waals surface area contributed by atoms with Gasteiger partial charge in [-0.05, 0) is 11.6 Å². The van der Waals surface area contributed by atoms with E-state index in [2.05, 4.69) is 10.6 Å². The van der Waals surface area contributed by atoms with Crippen molar-refractivity contribution in [2.75, 3.05) is 20.3 Å².